The maximum absolute atomic E-state index is 5.88. The van der Waals surface area contributed by atoms with Crippen LogP contribution in [0, 0.1) is 0 Å². The minimum atomic E-state index is -0.00883. The second-order valence-corrected chi connectivity index (χ2v) is 4.87. The quantitative estimate of drug-likeness (QED) is 0.885. The van der Waals surface area contributed by atoms with E-state index in [0.29, 0.717) is 6.61 Å². The van der Waals surface area contributed by atoms with E-state index in [1.807, 2.05) is 49.4 Å². The molecule has 0 unspecified atom stereocenters. The minimum Gasteiger partial charge on any atom is -0.497 e. The van der Waals surface area contributed by atoms with Gasteiger partial charge in [-0.1, -0.05) is 12.1 Å². The van der Waals surface area contributed by atoms with Crippen LogP contribution in [0.1, 0.15) is 24.1 Å². The fourth-order valence-corrected chi connectivity index (χ4v) is 2.00. The van der Waals surface area contributed by atoms with Crippen molar-refractivity contribution in [3.05, 3.63) is 53.6 Å². The van der Waals surface area contributed by atoms with E-state index in [0.717, 1.165) is 28.4 Å². The highest BCUT2D eigenvalue weighted by atomic mass is 16.5. The summed E-state index contributed by atoms with van der Waals surface area (Å²) in [4.78, 5) is 0. The van der Waals surface area contributed by atoms with E-state index in [2.05, 4.69) is 0 Å². The van der Waals surface area contributed by atoms with Crippen LogP contribution in [-0.2, 0) is 6.61 Å². The third-order valence-corrected chi connectivity index (χ3v) is 3.20. The number of hydrogen-bond donors (Lipinski definition) is 1. The molecule has 0 aliphatic rings. The molecule has 2 N–H and O–H groups in total. The molecule has 0 aliphatic heterocycles. The molecular weight excluding hydrogens is 266 g/mol. The molecule has 0 spiro atoms. The second kappa shape index (κ2) is 6.99. The van der Waals surface area contributed by atoms with Gasteiger partial charge in [0.05, 0.1) is 14.2 Å². The average Bonchev–Trinajstić information content (AvgIpc) is 2.52. The van der Waals surface area contributed by atoms with E-state index < -0.39 is 0 Å². The van der Waals surface area contributed by atoms with Crippen molar-refractivity contribution in [3.63, 3.8) is 0 Å². The summed E-state index contributed by atoms with van der Waals surface area (Å²) in [5.74, 6) is 2.29. The van der Waals surface area contributed by atoms with Crippen LogP contribution < -0.4 is 19.9 Å². The van der Waals surface area contributed by atoms with Gasteiger partial charge < -0.3 is 19.9 Å². The molecule has 0 saturated heterocycles. The van der Waals surface area contributed by atoms with Crippen molar-refractivity contribution in [2.45, 2.75) is 19.6 Å². The Morgan fingerprint density at radius 3 is 2.19 bits per heavy atom. The molecule has 0 radical (unpaired) electrons. The molecule has 0 aromatic heterocycles. The molecule has 0 heterocycles. The van der Waals surface area contributed by atoms with Gasteiger partial charge in [-0.15, -0.1) is 0 Å². The Balaban J connectivity index is 2.10. The van der Waals surface area contributed by atoms with E-state index in [9.17, 15) is 0 Å². The molecule has 2 aromatic rings. The maximum atomic E-state index is 5.88. The normalized spacial score (nSPS) is 11.8. The summed E-state index contributed by atoms with van der Waals surface area (Å²) in [7, 11) is 3.26. The van der Waals surface area contributed by atoms with Crippen LogP contribution in [0.15, 0.2) is 42.5 Å². The molecule has 0 amide bonds. The lowest BCUT2D eigenvalue weighted by atomic mass is 10.1. The molecule has 21 heavy (non-hydrogen) atoms. The summed E-state index contributed by atoms with van der Waals surface area (Å²) < 4.78 is 16.3. The summed E-state index contributed by atoms with van der Waals surface area (Å²) in [6.45, 7) is 2.39. The van der Waals surface area contributed by atoms with Crippen molar-refractivity contribution in [3.8, 4) is 17.2 Å². The Kier molecular flexibility index (Phi) is 5.06. The maximum Gasteiger partial charge on any atom is 0.122 e. The first-order valence-electron chi connectivity index (χ1n) is 6.82. The Morgan fingerprint density at radius 1 is 0.952 bits per heavy atom. The molecule has 0 saturated carbocycles. The summed E-state index contributed by atoms with van der Waals surface area (Å²) in [5, 5.41) is 0. The topological polar surface area (TPSA) is 53.7 Å². The van der Waals surface area contributed by atoms with Gasteiger partial charge in [-0.3, -0.25) is 0 Å². The van der Waals surface area contributed by atoms with E-state index in [1.165, 1.54) is 0 Å². The lowest BCUT2D eigenvalue weighted by molar-refractivity contribution is 0.303. The lowest BCUT2D eigenvalue weighted by Gasteiger charge is -2.12. The summed E-state index contributed by atoms with van der Waals surface area (Å²) in [5.41, 5.74) is 7.91. The molecule has 0 aliphatic carbocycles. The van der Waals surface area contributed by atoms with E-state index in [-0.39, 0.29) is 6.04 Å². The van der Waals surface area contributed by atoms with Gasteiger partial charge in [-0.2, -0.15) is 0 Å². The fraction of sp³-hybridized carbons (Fsp3) is 0.294. The van der Waals surface area contributed by atoms with Gasteiger partial charge in [-0.25, -0.2) is 0 Å². The van der Waals surface area contributed by atoms with Crippen LogP contribution in [0.5, 0.6) is 17.2 Å². The van der Waals surface area contributed by atoms with Crippen molar-refractivity contribution >= 4 is 0 Å². The highest BCUT2D eigenvalue weighted by molar-refractivity contribution is 5.38. The zero-order chi connectivity index (χ0) is 15.2. The number of ether oxygens (including phenoxy) is 3. The van der Waals surface area contributed by atoms with Gasteiger partial charge in [-0.05, 0) is 42.3 Å². The third-order valence-electron chi connectivity index (χ3n) is 3.20. The first-order valence-corrected chi connectivity index (χ1v) is 6.82. The van der Waals surface area contributed by atoms with Gasteiger partial charge in [0, 0.05) is 12.1 Å². The van der Waals surface area contributed by atoms with Crippen LogP contribution in [0.25, 0.3) is 0 Å². The Bertz CT molecular complexity index is 574. The molecule has 2 rings (SSSR count). The predicted molar refractivity (Wildman–Crippen MR) is 82.9 cm³/mol. The second-order valence-electron chi connectivity index (χ2n) is 4.87. The molecule has 2 aromatic carbocycles. The van der Waals surface area contributed by atoms with Crippen LogP contribution in [-0.4, -0.2) is 14.2 Å². The number of methoxy groups -OCH3 is 2. The average molecular weight is 287 g/mol. The van der Waals surface area contributed by atoms with Gasteiger partial charge in [0.1, 0.15) is 23.9 Å². The number of benzene rings is 2. The Hall–Kier alpha value is -2.20. The monoisotopic (exact) mass is 287 g/mol. The highest BCUT2D eigenvalue weighted by Crippen LogP contribution is 2.24. The lowest BCUT2D eigenvalue weighted by Crippen LogP contribution is -2.05. The van der Waals surface area contributed by atoms with Gasteiger partial charge in [0.15, 0.2) is 0 Å². The molecule has 4 nitrogen and oxygen atoms in total. The predicted octanol–water partition coefficient (Wildman–Crippen LogP) is 3.30. The van der Waals surface area contributed by atoms with Gasteiger partial charge >= 0.3 is 0 Å². The molecule has 1 atom stereocenters. The van der Waals surface area contributed by atoms with Crippen molar-refractivity contribution in [1.82, 2.24) is 0 Å². The Morgan fingerprint density at radius 2 is 1.62 bits per heavy atom. The van der Waals surface area contributed by atoms with Gasteiger partial charge in [0.25, 0.3) is 0 Å². The molecule has 0 bridgehead atoms. The smallest absolute Gasteiger partial charge is 0.122 e. The molecule has 4 heteroatoms. The van der Waals surface area contributed by atoms with Crippen LogP contribution >= 0.6 is 0 Å². The van der Waals surface area contributed by atoms with Crippen molar-refractivity contribution < 1.29 is 14.2 Å². The first kappa shape index (κ1) is 15.2. The Labute approximate surface area is 125 Å². The highest BCUT2D eigenvalue weighted by Gasteiger charge is 2.04. The van der Waals surface area contributed by atoms with E-state index in [1.54, 1.807) is 14.2 Å². The van der Waals surface area contributed by atoms with Crippen LogP contribution in [0.2, 0.25) is 0 Å². The third kappa shape index (κ3) is 4.13. The summed E-state index contributed by atoms with van der Waals surface area (Å²) >= 11 is 0. The van der Waals surface area contributed by atoms with Gasteiger partial charge in [0.2, 0.25) is 0 Å². The first-order chi connectivity index (χ1) is 10.1. The number of rotatable bonds is 6. The van der Waals surface area contributed by atoms with E-state index in [4.69, 9.17) is 19.9 Å². The minimum absolute atomic E-state index is 0.00883. The van der Waals surface area contributed by atoms with Crippen molar-refractivity contribution in [2.75, 3.05) is 14.2 Å². The molecule has 112 valence electrons. The van der Waals surface area contributed by atoms with Crippen LogP contribution in [0.4, 0.5) is 0 Å². The number of nitrogens with two attached hydrogens (primary N) is 1. The summed E-state index contributed by atoms with van der Waals surface area (Å²) in [6.07, 6.45) is 0. The standard InChI is InChI=1S/C17H21NO3/c1-12(18)14-5-4-6-15(9-14)21-11-13-7-16(19-2)10-17(8-13)20-3/h4-10,12H,11,18H2,1-3H3/t12-/m0/s1. The number of hydrogen-bond acceptors (Lipinski definition) is 4. The van der Waals surface area contributed by atoms with Crippen molar-refractivity contribution in [1.29, 1.82) is 0 Å². The fourth-order valence-electron chi connectivity index (χ4n) is 2.00. The SMILES string of the molecule is COc1cc(COc2cccc([C@H](C)N)c2)cc(OC)c1. The van der Waals surface area contributed by atoms with Crippen molar-refractivity contribution in [2.24, 2.45) is 5.73 Å². The largest absolute Gasteiger partial charge is 0.497 e. The zero-order valence-electron chi connectivity index (χ0n) is 12.6. The zero-order valence-corrected chi connectivity index (χ0v) is 12.6. The summed E-state index contributed by atoms with van der Waals surface area (Å²) in [6, 6.07) is 13.5. The van der Waals surface area contributed by atoms with E-state index >= 15 is 0 Å². The molecular formula is C17H21NO3. The van der Waals surface area contributed by atoms with Crippen LogP contribution in [0.3, 0.4) is 0 Å². The molecule has 0 fully saturated rings.